The second-order valence-electron chi connectivity index (χ2n) is 6.03. The molecule has 0 amide bonds. The molecule has 0 spiro atoms. The van der Waals surface area contributed by atoms with Crippen molar-refractivity contribution in [3.63, 3.8) is 0 Å². The van der Waals surface area contributed by atoms with Crippen LogP contribution in [0, 0.1) is 13.8 Å². The fourth-order valence-corrected chi connectivity index (χ4v) is 3.72. The Balaban J connectivity index is 0.00000243. The molecule has 0 bridgehead atoms. The van der Waals surface area contributed by atoms with Gasteiger partial charge in [0.2, 0.25) is 0 Å². The van der Waals surface area contributed by atoms with E-state index in [4.69, 9.17) is 0 Å². The number of hydrogen-bond acceptors (Lipinski definition) is 3. The Bertz CT molecular complexity index is 888. The number of hydrogen-bond donors (Lipinski definition) is 2. The van der Waals surface area contributed by atoms with E-state index < -0.39 is 0 Å². The Morgan fingerprint density at radius 3 is 2.54 bits per heavy atom. The normalized spacial score (nSPS) is 11.3. The second kappa shape index (κ2) is 9.87. The number of thiazole rings is 1. The molecule has 2 N–H and O–H groups in total. The molecule has 0 unspecified atom stereocenters. The molecule has 26 heavy (non-hydrogen) atoms. The summed E-state index contributed by atoms with van der Waals surface area (Å²) in [6.45, 7) is 5.69. The predicted molar refractivity (Wildman–Crippen MR) is 123 cm³/mol. The molecule has 4 nitrogen and oxygen atoms in total. The molecule has 2 aromatic carbocycles. The quantitative estimate of drug-likeness (QED) is 0.323. The number of rotatable bonds is 5. The van der Waals surface area contributed by atoms with Gasteiger partial charge in [-0.1, -0.05) is 42.5 Å². The first kappa shape index (κ1) is 20.6. The van der Waals surface area contributed by atoms with E-state index in [0.717, 1.165) is 36.2 Å². The van der Waals surface area contributed by atoms with E-state index in [1.165, 1.54) is 21.2 Å². The van der Waals surface area contributed by atoms with Gasteiger partial charge in [0.15, 0.2) is 5.96 Å². The first-order valence-electron chi connectivity index (χ1n) is 8.51. The maximum atomic E-state index is 4.46. The summed E-state index contributed by atoms with van der Waals surface area (Å²) < 4.78 is 0. The smallest absolute Gasteiger partial charge is 0.191 e. The fraction of sp³-hybridized carbons (Fsp3) is 0.300. The number of halogens is 1. The van der Waals surface area contributed by atoms with Gasteiger partial charge in [-0.3, -0.25) is 4.99 Å². The highest BCUT2D eigenvalue weighted by atomic mass is 127. The molecule has 3 aromatic rings. The molecule has 6 heteroatoms. The van der Waals surface area contributed by atoms with Crippen molar-refractivity contribution in [1.82, 2.24) is 15.6 Å². The minimum absolute atomic E-state index is 0. The SMILES string of the molecule is CN=C(NCCc1ccc2ccccc2c1)NCc1sc(C)nc1C.I. The minimum atomic E-state index is 0. The molecule has 3 rings (SSSR count). The number of aryl methyl sites for hydroxylation is 2. The third kappa shape index (κ3) is 5.41. The molecule has 1 heterocycles. The van der Waals surface area contributed by atoms with Crippen LogP contribution >= 0.6 is 35.3 Å². The zero-order valence-electron chi connectivity index (χ0n) is 15.4. The molecule has 1 aromatic heterocycles. The Hall–Kier alpha value is -1.67. The van der Waals surface area contributed by atoms with Crippen molar-refractivity contribution in [1.29, 1.82) is 0 Å². The van der Waals surface area contributed by atoms with Crippen LogP contribution in [0.4, 0.5) is 0 Å². The van der Waals surface area contributed by atoms with Crippen LogP contribution in [-0.2, 0) is 13.0 Å². The number of fused-ring (bicyclic) bond motifs is 1. The fourth-order valence-electron chi connectivity index (χ4n) is 2.84. The van der Waals surface area contributed by atoms with Crippen LogP contribution in [0.5, 0.6) is 0 Å². The van der Waals surface area contributed by atoms with E-state index in [1.54, 1.807) is 18.4 Å². The third-order valence-corrected chi connectivity index (χ3v) is 5.23. The van der Waals surface area contributed by atoms with Gasteiger partial charge in [0.1, 0.15) is 0 Å². The average molecular weight is 480 g/mol. The predicted octanol–water partition coefficient (Wildman–Crippen LogP) is 4.44. The van der Waals surface area contributed by atoms with Crippen LogP contribution < -0.4 is 10.6 Å². The summed E-state index contributed by atoms with van der Waals surface area (Å²) in [6.07, 6.45) is 0.963. The van der Waals surface area contributed by atoms with Gasteiger partial charge >= 0.3 is 0 Å². The summed E-state index contributed by atoms with van der Waals surface area (Å²) in [4.78, 5) is 10.0. The molecule has 0 saturated heterocycles. The summed E-state index contributed by atoms with van der Waals surface area (Å²) in [7, 11) is 1.80. The molecule has 0 aliphatic heterocycles. The summed E-state index contributed by atoms with van der Waals surface area (Å²) in [6, 6.07) is 15.1. The van der Waals surface area contributed by atoms with E-state index in [2.05, 4.69) is 70.0 Å². The van der Waals surface area contributed by atoms with E-state index in [-0.39, 0.29) is 24.0 Å². The molecule has 138 valence electrons. The van der Waals surface area contributed by atoms with Crippen LogP contribution in [0.25, 0.3) is 10.8 Å². The van der Waals surface area contributed by atoms with Crippen LogP contribution in [0.2, 0.25) is 0 Å². The number of nitrogens with zero attached hydrogens (tertiary/aromatic N) is 2. The largest absolute Gasteiger partial charge is 0.356 e. The number of aliphatic imine (C=N–C) groups is 1. The zero-order valence-corrected chi connectivity index (χ0v) is 18.5. The first-order valence-corrected chi connectivity index (χ1v) is 9.32. The Morgan fingerprint density at radius 1 is 1.08 bits per heavy atom. The van der Waals surface area contributed by atoms with Crippen LogP contribution in [0.15, 0.2) is 47.5 Å². The topological polar surface area (TPSA) is 49.3 Å². The van der Waals surface area contributed by atoms with Gasteiger partial charge in [0.05, 0.1) is 17.2 Å². The van der Waals surface area contributed by atoms with E-state index >= 15 is 0 Å². The van der Waals surface area contributed by atoms with Gasteiger partial charge < -0.3 is 10.6 Å². The first-order chi connectivity index (χ1) is 12.2. The molecule has 0 aliphatic carbocycles. The maximum absolute atomic E-state index is 4.46. The second-order valence-corrected chi connectivity index (χ2v) is 7.31. The monoisotopic (exact) mass is 480 g/mol. The molecule has 0 aliphatic rings. The molecule has 0 atom stereocenters. The van der Waals surface area contributed by atoms with Crippen molar-refractivity contribution in [2.24, 2.45) is 4.99 Å². The van der Waals surface area contributed by atoms with E-state index in [0.29, 0.717) is 0 Å². The lowest BCUT2D eigenvalue weighted by Gasteiger charge is -2.11. The molecular weight excluding hydrogens is 455 g/mol. The minimum Gasteiger partial charge on any atom is -0.356 e. The summed E-state index contributed by atoms with van der Waals surface area (Å²) in [5.41, 5.74) is 2.43. The highest BCUT2D eigenvalue weighted by Gasteiger charge is 2.05. The Morgan fingerprint density at radius 2 is 1.85 bits per heavy atom. The molecule has 0 fully saturated rings. The lowest BCUT2D eigenvalue weighted by molar-refractivity contribution is 0.797. The van der Waals surface area contributed by atoms with Crippen molar-refractivity contribution in [2.45, 2.75) is 26.8 Å². The highest BCUT2D eigenvalue weighted by molar-refractivity contribution is 14.0. The van der Waals surface area contributed by atoms with Crippen molar-refractivity contribution < 1.29 is 0 Å². The Kier molecular flexibility index (Phi) is 7.84. The standard InChI is InChI=1S/C20H24N4S.HI/c1-14-19(25-15(2)24-14)13-23-20(21-3)22-11-10-16-8-9-17-6-4-5-7-18(17)12-16;/h4-9,12H,10-11,13H2,1-3H3,(H2,21,22,23);1H. The van der Waals surface area contributed by atoms with Crippen molar-refractivity contribution in [3.8, 4) is 0 Å². The summed E-state index contributed by atoms with van der Waals surface area (Å²) in [5.74, 6) is 0.825. The van der Waals surface area contributed by atoms with Gasteiger partial charge in [-0.05, 0) is 36.6 Å². The summed E-state index contributed by atoms with van der Waals surface area (Å²) in [5, 5.41) is 10.4. The van der Waals surface area contributed by atoms with Gasteiger partial charge in [0.25, 0.3) is 0 Å². The number of nitrogens with one attached hydrogen (secondary N) is 2. The third-order valence-electron chi connectivity index (χ3n) is 4.16. The van der Waals surface area contributed by atoms with Gasteiger partial charge in [-0.15, -0.1) is 35.3 Å². The van der Waals surface area contributed by atoms with E-state index in [1.807, 2.05) is 6.92 Å². The van der Waals surface area contributed by atoms with Gasteiger partial charge in [-0.2, -0.15) is 0 Å². The zero-order chi connectivity index (χ0) is 17.6. The maximum Gasteiger partial charge on any atom is 0.191 e. The van der Waals surface area contributed by atoms with Gasteiger partial charge in [0, 0.05) is 18.5 Å². The van der Waals surface area contributed by atoms with E-state index in [9.17, 15) is 0 Å². The highest BCUT2D eigenvalue weighted by Crippen LogP contribution is 2.17. The average Bonchev–Trinajstić information content (AvgIpc) is 2.95. The van der Waals surface area contributed by atoms with Gasteiger partial charge in [-0.25, -0.2) is 4.98 Å². The van der Waals surface area contributed by atoms with Crippen molar-refractivity contribution >= 4 is 52.0 Å². The lowest BCUT2D eigenvalue weighted by Crippen LogP contribution is -2.37. The number of aromatic nitrogens is 1. The Labute approximate surface area is 176 Å². The van der Waals surface area contributed by atoms with Crippen LogP contribution in [0.1, 0.15) is 21.1 Å². The molecular formula is C20H25IN4S. The van der Waals surface area contributed by atoms with Crippen molar-refractivity contribution in [3.05, 3.63) is 63.6 Å². The van der Waals surface area contributed by atoms with Crippen LogP contribution in [-0.4, -0.2) is 24.5 Å². The summed E-state index contributed by atoms with van der Waals surface area (Å²) >= 11 is 1.73. The number of benzene rings is 2. The number of guanidine groups is 1. The van der Waals surface area contributed by atoms with Crippen molar-refractivity contribution in [2.75, 3.05) is 13.6 Å². The molecule has 0 saturated carbocycles. The molecule has 0 radical (unpaired) electrons. The lowest BCUT2D eigenvalue weighted by atomic mass is 10.1. The van der Waals surface area contributed by atoms with Crippen LogP contribution in [0.3, 0.4) is 0 Å².